The van der Waals surface area contributed by atoms with Gasteiger partial charge in [0.2, 0.25) is 0 Å². The number of aromatic nitrogens is 1. The SMILES string of the molecule is N#CCCNC(=O)c1cncc(Br)c1. The number of amides is 1. The van der Waals surface area contributed by atoms with E-state index in [0.29, 0.717) is 18.5 Å². The maximum Gasteiger partial charge on any atom is 0.252 e. The summed E-state index contributed by atoms with van der Waals surface area (Å²) in [6.45, 7) is 0.363. The summed E-state index contributed by atoms with van der Waals surface area (Å²) in [6, 6.07) is 3.62. The number of hydrogen-bond donors (Lipinski definition) is 1. The summed E-state index contributed by atoms with van der Waals surface area (Å²) in [4.78, 5) is 15.3. The molecule has 1 N–H and O–H groups in total. The first-order chi connectivity index (χ1) is 6.74. The van der Waals surface area contributed by atoms with Gasteiger partial charge in [0.1, 0.15) is 0 Å². The highest BCUT2D eigenvalue weighted by molar-refractivity contribution is 9.10. The van der Waals surface area contributed by atoms with E-state index >= 15 is 0 Å². The van der Waals surface area contributed by atoms with Gasteiger partial charge in [-0.05, 0) is 22.0 Å². The van der Waals surface area contributed by atoms with Crippen molar-refractivity contribution in [2.24, 2.45) is 0 Å². The van der Waals surface area contributed by atoms with Crippen molar-refractivity contribution in [3.05, 3.63) is 28.5 Å². The van der Waals surface area contributed by atoms with Gasteiger partial charge in [-0.3, -0.25) is 9.78 Å². The van der Waals surface area contributed by atoms with E-state index in [-0.39, 0.29) is 5.91 Å². The van der Waals surface area contributed by atoms with Gasteiger partial charge in [0.15, 0.2) is 0 Å². The molecule has 0 radical (unpaired) electrons. The molecular weight excluding hydrogens is 246 g/mol. The van der Waals surface area contributed by atoms with Gasteiger partial charge in [-0.25, -0.2) is 0 Å². The number of hydrogen-bond acceptors (Lipinski definition) is 3. The Hall–Kier alpha value is -1.41. The van der Waals surface area contributed by atoms with Crippen molar-refractivity contribution >= 4 is 21.8 Å². The minimum Gasteiger partial charge on any atom is -0.351 e. The number of nitrogens with one attached hydrogen (secondary N) is 1. The van der Waals surface area contributed by atoms with E-state index in [1.807, 2.05) is 6.07 Å². The van der Waals surface area contributed by atoms with Crippen molar-refractivity contribution in [2.75, 3.05) is 6.54 Å². The fourth-order valence-corrected chi connectivity index (χ4v) is 1.23. The van der Waals surface area contributed by atoms with E-state index in [1.54, 1.807) is 12.3 Å². The molecule has 72 valence electrons. The lowest BCUT2D eigenvalue weighted by molar-refractivity contribution is 0.0954. The van der Waals surface area contributed by atoms with E-state index in [4.69, 9.17) is 5.26 Å². The van der Waals surface area contributed by atoms with Crippen LogP contribution in [0.15, 0.2) is 22.9 Å². The topological polar surface area (TPSA) is 65.8 Å². The molecule has 0 aliphatic carbocycles. The maximum absolute atomic E-state index is 11.4. The van der Waals surface area contributed by atoms with Crippen molar-refractivity contribution in [3.63, 3.8) is 0 Å². The second kappa shape index (κ2) is 5.35. The Labute approximate surface area is 90.1 Å². The molecule has 0 unspecified atom stereocenters. The summed E-state index contributed by atoms with van der Waals surface area (Å²) in [6.07, 6.45) is 3.39. The van der Waals surface area contributed by atoms with Crippen LogP contribution in [-0.2, 0) is 0 Å². The van der Waals surface area contributed by atoms with Crippen molar-refractivity contribution in [3.8, 4) is 6.07 Å². The highest BCUT2D eigenvalue weighted by Crippen LogP contribution is 2.09. The van der Waals surface area contributed by atoms with E-state index in [2.05, 4.69) is 26.2 Å². The first-order valence-corrected chi connectivity index (χ1v) is 4.79. The zero-order valence-corrected chi connectivity index (χ0v) is 8.91. The minimum atomic E-state index is -0.214. The molecular formula is C9H8BrN3O. The number of halogens is 1. The van der Waals surface area contributed by atoms with Gasteiger partial charge in [0.25, 0.3) is 5.91 Å². The largest absolute Gasteiger partial charge is 0.351 e. The molecule has 1 heterocycles. The number of carbonyl (C=O) groups excluding carboxylic acids is 1. The lowest BCUT2D eigenvalue weighted by Crippen LogP contribution is -2.24. The van der Waals surface area contributed by atoms with Gasteiger partial charge in [-0.1, -0.05) is 0 Å². The van der Waals surface area contributed by atoms with Crippen LogP contribution in [0, 0.1) is 11.3 Å². The lowest BCUT2D eigenvalue weighted by atomic mass is 10.2. The summed E-state index contributed by atoms with van der Waals surface area (Å²) in [7, 11) is 0. The molecule has 1 aromatic heterocycles. The van der Waals surface area contributed by atoms with Gasteiger partial charge in [-0.15, -0.1) is 0 Å². The summed E-state index contributed by atoms with van der Waals surface area (Å²) in [5.74, 6) is -0.214. The van der Waals surface area contributed by atoms with E-state index in [9.17, 15) is 4.79 Å². The van der Waals surface area contributed by atoms with Crippen LogP contribution in [0.3, 0.4) is 0 Å². The number of pyridine rings is 1. The molecule has 0 fully saturated rings. The van der Waals surface area contributed by atoms with Crippen LogP contribution in [0.25, 0.3) is 0 Å². The monoisotopic (exact) mass is 253 g/mol. The molecule has 5 heteroatoms. The molecule has 0 aliphatic rings. The minimum absolute atomic E-state index is 0.214. The second-order valence-electron chi connectivity index (χ2n) is 2.56. The van der Waals surface area contributed by atoms with Crippen molar-refractivity contribution in [1.82, 2.24) is 10.3 Å². The second-order valence-corrected chi connectivity index (χ2v) is 3.47. The smallest absolute Gasteiger partial charge is 0.252 e. The van der Waals surface area contributed by atoms with Crippen LogP contribution in [0.5, 0.6) is 0 Å². The molecule has 0 aromatic carbocycles. The van der Waals surface area contributed by atoms with E-state index < -0.39 is 0 Å². The summed E-state index contributed by atoms with van der Waals surface area (Å²) >= 11 is 3.22. The Kier molecular flexibility index (Phi) is 4.08. The van der Waals surface area contributed by atoms with Crippen molar-refractivity contribution < 1.29 is 4.79 Å². The van der Waals surface area contributed by atoms with Gasteiger partial charge < -0.3 is 5.32 Å². The molecule has 0 saturated carbocycles. The first kappa shape index (κ1) is 10.7. The van der Waals surface area contributed by atoms with Crippen LogP contribution in [-0.4, -0.2) is 17.4 Å². The predicted molar refractivity (Wildman–Crippen MR) is 54.5 cm³/mol. The van der Waals surface area contributed by atoms with Crippen LogP contribution >= 0.6 is 15.9 Å². The zero-order valence-electron chi connectivity index (χ0n) is 7.33. The summed E-state index contributed by atoms with van der Waals surface area (Å²) in [5.41, 5.74) is 0.484. The van der Waals surface area contributed by atoms with Gasteiger partial charge in [0, 0.05) is 23.4 Å². The highest BCUT2D eigenvalue weighted by Gasteiger charge is 2.04. The van der Waals surface area contributed by atoms with E-state index in [0.717, 1.165) is 4.47 Å². The number of rotatable bonds is 3. The zero-order chi connectivity index (χ0) is 10.4. The Morgan fingerprint density at radius 2 is 2.43 bits per heavy atom. The molecule has 0 atom stereocenters. The summed E-state index contributed by atoms with van der Waals surface area (Å²) < 4.78 is 0.755. The first-order valence-electron chi connectivity index (χ1n) is 3.99. The Balaban J connectivity index is 2.57. The summed E-state index contributed by atoms with van der Waals surface area (Å²) in [5, 5.41) is 10.9. The number of nitriles is 1. The Morgan fingerprint density at radius 1 is 1.64 bits per heavy atom. The fraction of sp³-hybridized carbons (Fsp3) is 0.222. The molecule has 4 nitrogen and oxygen atoms in total. The van der Waals surface area contributed by atoms with Gasteiger partial charge in [0.05, 0.1) is 18.1 Å². The molecule has 14 heavy (non-hydrogen) atoms. The Morgan fingerprint density at radius 3 is 3.07 bits per heavy atom. The molecule has 1 amide bonds. The highest BCUT2D eigenvalue weighted by atomic mass is 79.9. The van der Waals surface area contributed by atoms with E-state index in [1.165, 1.54) is 6.20 Å². The standard InChI is InChI=1S/C9H8BrN3O/c10-8-4-7(5-12-6-8)9(14)13-3-1-2-11/h4-6H,1,3H2,(H,13,14). The van der Waals surface area contributed by atoms with Gasteiger partial charge >= 0.3 is 0 Å². The quantitative estimate of drug-likeness (QED) is 0.831. The maximum atomic E-state index is 11.4. The Bertz CT molecular complexity index is 373. The number of nitrogens with zero attached hydrogens (tertiary/aromatic N) is 2. The predicted octanol–water partition coefficient (Wildman–Crippen LogP) is 1.49. The molecule has 0 bridgehead atoms. The van der Waals surface area contributed by atoms with Gasteiger partial charge in [-0.2, -0.15) is 5.26 Å². The molecule has 0 aliphatic heterocycles. The third kappa shape index (κ3) is 3.15. The normalized spacial score (nSPS) is 9.14. The fourth-order valence-electron chi connectivity index (χ4n) is 0.870. The molecule has 1 rings (SSSR count). The third-order valence-corrected chi connectivity index (χ3v) is 1.92. The van der Waals surface area contributed by atoms with Crippen molar-refractivity contribution in [2.45, 2.75) is 6.42 Å². The molecule has 0 saturated heterocycles. The average Bonchev–Trinajstić information content (AvgIpc) is 2.18. The van der Waals surface area contributed by atoms with Crippen molar-refractivity contribution in [1.29, 1.82) is 5.26 Å². The van der Waals surface area contributed by atoms with Crippen LogP contribution in [0.2, 0.25) is 0 Å². The lowest BCUT2D eigenvalue weighted by Gasteiger charge is -2.01. The number of carbonyl (C=O) groups is 1. The van der Waals surface area contributed by atoms with Crippen LogP contribution in [0.4, 0.5) is 0 Å². The van der Waals surface area contributed by atoms with Crippen LogP contribution in [0.1, 0.15) is 16.8 Å². The molecule has 1 aromatic rings. The third-order valence-electron chi connectivity index (χ3n) is 1.49. The average molecular weight is 254 g/mol. The van der Waals surface area contributed by atoms with Crippen LogP contribution < -0.4 is 5.32 Å². The molecule has 0 spiro atoms.